The molecule has 1 unspecified atom stereocenters. The zero-order chi connectivity index (χ0) is 18.1. The maximum absolute atomic E-state index is 12.2. The first-order valence-electron chi connectivity index (χ1n) is 8.33. The van der Waals surface area contributed by atoms with Gasteiger partial charge >= 0.3 is 12.1 Å². The van der Waals surface area contributed by atoms with Crippen LogP contribution < -0.4 is 0 Å². The number of carboxylic acid groups (broad SMARTS) is 1. The second kappa shape index (κ2) is 6.83. The van der Waals surface area contributed by atoms with Gasteiger partial charge in [0.05, 0.1) is 11.7 Å². The van der Waals surface area contributed by atoms with Crippen molar-refractivity contribution in [1.29, 1.82) is 0 Å². The number of aryl methyl sites for hydroxylation is 1. The molecule has 7 heteroatoms. The number of likely N-dealkylation sites (tertiary alicyclic amines) is 1. The molecule has 0 saturated carbocycles. The normalized spacial score (nSPS) is 18.0. The third-order valence-electron chi connectivity index (χ3n) is 4.22. The van der Waals surface area contributed by atoms with Crippen molar-refractivity contribution in [2.24, 2.45) is 0 Å². The van der Waals surface area contributed by atoms with Crippen LogP contribution in [0.15, 0.2) is 0 Å². The summed E-state index contributed by atoms with van der Waals surface area (Å²) in [4.78, 5) is 24.7. The van der Waals surface area contributed by atoms with Gasteiger partial charge in [0, 0.05) is 25.2 Å². The summed E-state index contributed by atoms with van der Waals surface area (Å²) in [6.07, 6.45) is 1.11. The van der Waals surface area contributed by atoms with E-state index in [0.717, 1.165) is 23.4 Å². The van der Waals surface area contributed by atoms with Crippen molar-refractivity contribution in [3.63, 3.8) is 0 Å². The smallest absolute Gasteiger partial charge is 0.410 e. The summed E-state index contributed by atoms with van der Waals surface area (Å²) in [7, 11) is 0. The Kier molecular flexibility index (Phi) is 5.20. The fourth-order valence-electron chi connectivity index (χ4n) is 3.08. The number of nitrogens with zero attached hydrogens (tertiary/aromatic N) is 3. The van der Waals surface area contributed by atoms with E-state index < -0.39 is 11.6 Å². The van der Waals surface area contributed by atoms with Crippen molar-refractivity contribution in [1.82, 2.24) is 14.7 Å². The molecule has 0 radical (unpaired) electrons. The molecular weight excluding hydrogens is 310 g/mol. The van der Waals surface area contributed by atoms with E-state index in [0.29, 0.717) is 19.5 Å². The van der Waals surface area contributed by atoms with E-state index in [-0.39, 0.29) is 18.6 Å². The Bertz CT molecular complexity index is 631. The molecule has 1 aliphatic heterocycles. The van der Waals surface area contributed by atoms with Gasteiger partial charge in [0.2, 0.25) is 0 Å². The highest BCUT2D eigenvalue weighted by molar-refractivity contribution is 5.68. The zero-order valence-electron chi connectivity index (χ0n) is 15.1. The van der Waals surface area contributed by atoms with Crippen LogP contribution in [0.5, 0.6) is 0 Å². The number of carboxylic acids is 1. The van der Waals surface area contributed by atoms with Crippen LogP contribution in [0.1, 0.15) is 56.6 Å². The fraction of sp³-hybridized carbons (Fsp3) is 0.706. The van der Waals surface area contributed by atoms with E-state index in [1.54, 1.807) is 4.90 Å². The lowest BCUT2D eigenvalue weighted by molar-refractivity contribution is -0.136. The molecule has 0 aromatic carbocycles. The van der Waals surface area contributed by atoms with Crippen molar-refractivity contribution in [2.75, 3.05) is 13.1 Å². The Hall–Kier alpha value is -2.05. The summed E-state index contributed by atoms with van der Waals surface area (Å²) in [5, 5.41) is 13.5. The highest BCUT2D eigenvalue weighted by Crippen LogP contribution is 2.27. The van der Waals surface area contributed by atoms with Crippen molar-refractivity contribution in [2.45, 2.75) is 65.5 Å². The van der Waals surface area contributed by atoms with Crippen LogP contribution in [0.25, 0.3) is 0 Å². The van der Waals surface area contributed by atoms with Gasteiger partial charge in [0.15, 0.2) is 0 Å². The lowest BCUT2D eigenvalue weighted by Crippen LogP contribution is -2.35. The summed E-state index contributed by atoms with van der Waals surface area (Å²) in [5.41, 5.74) is 2.35. The Morgan fingerprint density at radius 2 is 2.00 bits per heavy atom. The summed E-state index contributed by atoms with van der Waals surface area (Å²) in [5.74, 6) is -0.807. The molecule has 1 aromatic rings. The maximum atomic E-state index is 12.2. The summed E-state index contributed by atoms with van der Waals surface area (Å²) >= 11 is 0. The Balaban J connectivity index is 2.07. The molecule has 7 nitrogen and oxygen atoms in total. The van der Waals surface area contributed by atoms with E-state index >= 15 is 0 Å². The van der Waals surface area contributed by atoms with E-state index in [2.05, 4.69) is 5.10 Å². The lowest BCUT2D eigenvalue weighted by Gasteiger charge is -2.24. The third-order valence-corrected chi connectivity index (χ3v) is 4.22. The first-order chi connectivity index (χ1) is 11.1. The van der Waals surface area contributed by atoms with Crippen LogP contribution in [0.3, 0.4) is 0 Å². The monoisotopic (exact) mass is 337 g/mol. The summed E-state index contributed by atoms with van der Waals surface area (Å²) in [6, 6.07) is 0.106. The molecule has 0 aliphatic carbocycles. The summed E-state index contributed by atoms with van der Waals surface area (Å²) < 4.78 is 7.36. The molecule has 24 heavy (non-hydrogen) atoms. The second-order valence-electron chi connectivity index (χ2n) is 7.36. The number of rotatable bonds is 4. The Morgan fingerprint density at radius 3 is 2.58 bits per heavy atom. The van der Waals surface area contributed by atoms with Gasteiger partial charge in [0.25, 0.3) is 0 Å². The number of ether oxygens (including phenoxy) is 1. The number of aromatic nitrogens is 2. The topological polar surface area (TPSA) is 84.7 Å². The molecule has 0 spiro atoms. The van der Waals surface area contributed by atoms with E-state index in [1.165, 1.54) is 0 Å². The molecule has 2 heterocycles. The minimum Gasteiger partial charge on any atom is -0.481 e. The molecule has 1 saturated heterocycles. The molecule has 1 fully saturated rings. The first kappa shape index (κ1) is 18.3. The quantitative estimate of drug-likeness (QED) is 0.913. The van der Waals surface area contributed by atoms with Gasteiger partial charge in [-0.25, -0.2) is 4.79 Å². The minimum atomic E-state index is -0.807. The van der Waals surface area contributed by atoms with Gasteiger partial charge in [-0.3, -0.25) is 9.48 Å². The average molecular weight is 337 g/mol. The van der Waals surface area contributed by atoms with Crippen molar-refractivity contribution in [3.8, 4) is 0 Å². The number of carbonyl (C=O) groups is 2. The number of aliphatic carboxylic acids is 1. The molecular formula is C17H27N3O4. The van der Waals surface area contributed by atoms with Crippen molar-refractivity contribution >= 4 is 12.1 Å². The van der Waals surface area contributed by atoms with Crippen LogP contribution in [0.4, 0.5) is 4.79 Å². The number of amides is 1. The maximum Gasteiger partial charge on any atom is 0.410 e. The van der Waals surface area contributed by atoms with Crippen LogP contribution >= 0.6 is 0 Å². The SMILES string of the molecule is Cc1nn(C2CCN(C(=O)OC(C)(C)C)C2)c(C)c1CCC(=O)O. The largest absolute Gasteiger partial charge is 0.481 e. The second-order valence-corrected chi connectivity index (χ2v) is 7.36. The van der Waals surface area contributed by atoms with Gasteiger partial charge in [0.1, 0.15) is 5.60 Å². The number of hydrogen-bond acceptors (Lipinski definition) is 4. The average Bonchev–Trinajstić information content (AvgIpc) is 3.01. The lowest BCUT2D eigenvalue weighted by atomic mass is 10.1. The zero-order valence-corrected chi connectivity index (χ0v) is 15.1. The third kappa shape index (κ3) is 4.27. The van der Waals surface area contributed by atoms with E-state index in [9.17, 15) is 9.59 Å². The fourth-order valence-corrected chi connectivity index (χ4v) is 3.08. The minimum absolute atomic E-state index is 0.0993. The highest BCUT2D eigenvalue weighted by Gasteiger charge is 2.32. The van der Waals surface area contributed by atoms with Crippen molar-refractivity contribution in [3.05, 3.63) is 17.0 Å². The number of hydrogen-bond donors (Lipinski definition) is 1. The predicted molar refractivity (Wildman–Crippen MR) is 89.1 cm³/mol. The van der Waals surface area contributed by atoms with E-state index in [4.69, 9.17) is 9.84 Å². The first-order valence-corrected chi connectivity index (χ1v) is 8.33. The van der Waals surface area contributed by atoms with Crippen LogP contribution in [-0.4, -0.2) is 50.5 Å². The van der Waals surface area contributed by atoms with Gasteiger partial charge < -0.3 is 14.7 Å². The van der Waals surface area contributed by atoms with Crippen LogP contribution in [0.2, 0.25) is 0 Å². The summed E-state index contributed by atoms with van der Waals surface area (Å²) in [6.45, 7) is 10.6. The molecule has 1 atom stereocenters. The van der Waals surface area contributed by atoms with Crippen molar-refractivity contribution < 1.29 is 19.4 Å². The van der Waals surface area contributed by atoms with Crippen LogP contribution in [0, 0.1) is 13.8 Å². The molecule has 1 N–H and O–H groups in total. The Morgan fingerprint density at radius 1 is 1.33 bits per heavy atom. The molecule has 134 valence electrons. The predicted octanol–water partition coefficient (Wildman–Crippen LogP) is 2.70. The standard InChI is InChI=1S/C17H27N3O4/c1-11-14(6-7-15(21)22)12(2)20(18-11)13-8-9-19(10-13)16(23)24-17(3,4)5/h13H,6-10H2,1-5H3,(H,21,22). The number of carbonyl (C=O) groups excluding carboxylic acids is 1. The molecule has 1 aliphatic rings. The molecule has 1 aromatic heterocycles. The highest BCUT2D eigenvalue weighted by atomic mass is 16.6. The van der Waals surface area contributed by atoms with E-state index in [1.807, 2.05) is 39.3 Å². The van der Waals surface area contributed by atoms with Crippen LogP contribution in [-0.2, 0) is 16.0 Å². The molecule has 2 rings (SSSR count). The van der Waals surface area contributed by atoms with Gasteiger partial charge in [-0.2, -0.15) is 5.10 Å². The Labute approximate surface area is 142 Å². The molecule has 0 bridgehead atoms. The van der Waals surface area contributed by atoms with Gasteiger partial charge in [-0.15, -0.1) is 0 Å². The molecule has 1 amide bonds. The van der Waals surface area contributed by atoms with Gasteiger partial charge in [-0.1, -0.05) is 0 Å². The van der Waals surface area contributed by atoms with Gasteiger partial charge in [-0.05, 0) is 53.0 Å².